The van der Waals surface area contributed by atoms with E-state index in [2.05, 4.69) is 14.5 Å². The van der Waals surface area contributed by atoms with E-state index in [0.29, 0.717) is 6.20 Å². The molecule has 0 unspecified atom stereocenters. The highest BCUT2D eigenvalue weighted by Crippen LogP contribution is 2.41. The van der Waals surface area contributed by atoms with E-state index < -0.39 is 39.4 Å². The van der Waals surface area contributed by atoms with Gasteiger partial charge in [-0.25, -0.2) is 4.98 Å². The summed E-state index contributed by atoms with van der Waals surface area (Å²) in [5, 5.41) is 9.23. The molecule has 19 heavy (non-hydrogen) atoms. The molecule has 0 amide bonds. The van der Waals surface area contributed by atoms with Gasteiger partial charge in [0, 0.05) is 0 Å². The van der Waals surface area contributed by atoms with Gasteiger partial charge < -0.3 is 9.47 Å². The van der Waals surface area contributed by atoms with Crippen LogP contribution in [-0.4, -0.2) is 28.6 Å². The molecule has 0 aliphatic rings. The van der Waals surface area contributed by atoms with Crippen molar-refractivity contribution in [1.82, 2.24) is 4.98 Å². The number of hydrogen-bond acceptors (Lipinski definition) is 6. The van der Waals surface area contributed by atoms with Gasteiger partial charge in [-0.15, -0.1) is 13.2 Å². The summed E-state index contributed by atoms with van der Waals surface area (Å²) in [4.78, 5) is 23.7. The highest BCUT2D eigenvalue weighted by Gasteiger charge is 2.37. The van der Waals surface area contributed by atoms with Gasteiger partial charge in [0.1, 0.15) is 6.20 Å². The minimum absolute atomic E-state index is 0.539. The lowest BCUT2D eigenvalue weighted by Gasteiger charge is -2.13. The molecule has 104 valence electrons. The Morgan fingerprint density at radius 1 is 1.47 bits per heavy atom. The van der Waals surface area contributed by atoms with Crippen LogP contribution in [0.5, 0.6) is 11.5 Å². The van der Waals surface area contributed by atoms with Crippen molar-refractivity contribution in [3.63, 3.8) is 0 Å². The normalized spacial score (nSPS) is 11.0. The molecule has 0 saturated heterocycles. The highest BCUT2D eigenvalue weighted by molar-refractivity contribution is 6.67. The van der Waals surface area contributed by atoms with E-state index in [-0.39, 0.29) is 0 Å². The van der Waals surface area contributed by atoms with Crippen molar-refractivity contribution in [2.75, 3.05) is 7.11 Å². The number of alkyl halides is 3. The predicted molar refractivity (Wildman–Crippen MR) is 54.3 cm³/mol. The molecule has 1 aromatic heterocycles. The van der Waals surface area contributed by atoms with Gasteiger partial charge in [0.25, 0.3) is 5.24 Å². The van der Waals surface area contributed by atoms with E-state index in [9.17, 15) is 28.1 Å². The molecule has 0 saturated carbocycles. The monoisotopic (exact) mass is 300 g/mol. The first-order chi connectivity index (χ1) is 8.67. The smallest absolute Gasteiger partial charge is 0.487 e. The molecule has 0 N–H and O–H groups in total. The Kier molecular flexibility index (Phi) is 4.14. The number of aromatic nitrogens is 1. The van der Waals surface area contributed by atoms with Crippen molar-refractivity contribution in [3.05, 3.63) is 22.0 Å². The van der Waals surface area contributed by atoms with Gasteiger partial charge in [-0.3, -0.25) is 14.9 Å². The Hall–Kier alpha value is -2.10. The van der Waals surface area contributed by atoms with Crippen LogP contribution < -0.4 is 9.47 Å². The predicted octanol–water partition coefficient (Wildman–Crippen LogP) is 2.28. The van der Waals surface area contributed by atoms with Gasteiger partial charge >= 0.3 is 12.0 Å². The summed E-state index contributed by atoms with van der Waals surface area (Å²) in [6.07, 6.45) is -4.66. The summed E-state index contributed by atoms with van der Waals surface area (Å²) in [5.74, 6) is -2.16. The minimum atomic E-state index is -5.20. The topological polar surface area (TPSA) is 91.6 Å². The summed E-state index contributed by atoms with van der Waals surface area (Å²) in [5.41, 5.74) is -1.84. The van der Waals surface area contributed by atoms with Gasteiger partial charge in [-0.2, -0.15) is 0 Å². The fourth-order valence-electron chi connectivity index (χ4n) is 1.14. The van der Waals surface area contributed by atoms with E-state index in [4.69, 9.17) is 11.6 Å². The lowest BCUT2D eigenvalue weighted by molar-refractivity contribution is -0.386. The van der Waals surface area contributed by atoms with E-state index in [1.54, 1.807) is 0 Å². The quantitative estimate of drug-likeness (QED) is 0.481. The number of nitrogens with zero attached hydrogens (tertiary/aromatic N) is 2. The molecule has 1 rings (SSSR count). The number of carbonyl (C=O) groups is 1. The van der Waals surface area contributed by atoms with Crippen LogP contribution in [0.25, 0.3) is 0 Å². The SMILES string of the molecule is COc1c([N+](=O)[O-])cnc(C(=O)Cl)c1OC(F)(F)F. The van der Waals surface area contributed by atoms with Crippen LogP contribution in [0, 0.1) is 10.1 Å². The number of pyridine rings is 1. The second-order valence-electron chi connectivity index (χ2n) is 2.93. The van der Waals surface area contributed by atoms with Crippen LogP contribution >= 0.6 is 11.6 Å². The van der Waals surface area contributed by atoms with Gasteiger partial charge in [0.15, 0.2) is 5.69 Å². The Balaban J connectivity index is 3.54. The molecule has 0 atom stereocenters. The van der Waals surface area contributed by atoms with Crippen molar-refractivity contribution in [1.29, 1.82) is 0 Å². The molecule has 0 bridgehead atoms. The number of nitro groups is 1. The molecule has 0 aliphatic carbocycles. The first kappa shape index (κ1) is 15.0. The first-order valence-electron chi connectivity index (χ1n) is 4.34. The lowest BCUT2D eigenvalue weighted by Crippen LogP contribution is -2.20. The summed E-state index contributed by atoms with van der Waals surface area (Å²) in [7, 11) is 0.869. The Labute approximate surface area is 108 Å². The summed E-state index contributed by atoms with van der Waals surface area (Å²) in [6.45, 7) is 0. The Morgan fingerprint density at radius 3 is 2.42 bits per heavy atom. The molecule has 0 radical (unpaired) electrons. The molecule has 0 aromatic carbocycles. The third-order valence-electron chi connectivity index (χ3n) is 1.77. The standard InChI is InChI=1S/C8H4ClF3N2O5/c1-18-5-3(14(16)17)2-13-4(7(9)15)6(5)19-8(10,11)12/h2H,1H3. The van der Waals surface area contributed by atoms with Crippen molar-refractivity contribution in [2.24, 2.45) is 0 Å². The Morgan fingerprint density at radius 2 is 2.05 bits per heavy atom. The van der Waals surface area contributed by atoms with Crippen LogP contribution in [-0.2, 0) is 0 Å². The van der Waals surface area contributed by atoms with E-state index in [1.165, 1.54) is 0 Å². The Bertz CT molecular complexity index is 534. The molecule has 7 nitrogen and oxygen atoms in total. The van der Waals surface area contributed by atoms with E-state index in [0.717, 1.165) is 7.11 Å². The number of rotatable bonds is 4. The average molecular weight is 301 g/mol. The van der Waals surface area contributed by atoms with E-state index in [1.807, 2.05) is 0 Å². The zero-order valence-electron chi connectivity index (χ0n) is 9.02. The maximum absolute atomic E-state index is 12.2. The lowest BCUT2D eigenvalue weighted by atomic mass is 10.3. The van der Waals surface area contributed by atoms with Gasteiger partial charge in [-0.1, -0.05) is 0 Å². The molecule has 1 aromatic rings. The maximum Gasteiger partial charge on any atom is 0.573 e. The zero-order valence-corrected chi connectivity index (χ0v) is 9.78. The second-order valence-corrected chi connectivity index (χ2v) is 3.28. The van der Waals surface area contributed by atoms with Crippen LogP contribution in [0.15, 0.2) is 6.20 Å². The highest BCUT2D eigenvalue weighted by atomic mass is 35.5. The number of hydrogen-bond donors (Lipinski definition) is 0. The molecule has 0 fully saturated rings. The zero-order chi connectivity index (χ0) is 14.8. The number of halogens is 4. The van der Waals surface area contributed by atoms with Crippen molar-refractivity contribution in [2.45, 2.75) is 6.36 Å². The molecule has 0 aliphatic heterocycles. The molecule has 1 heterocycles. The number of methoxy groups -OCH3 is 1. The van der Waals surface area contributed by atoms with Crippen LogP contribution in [0.4, 0.5) is 18.9 Å². The van der Waals surface area contributed by atoms with Gasteiger partial charge in [0.2, 0.25) is 11.5 Å². The fourth-order valence-corrected chi connectivity index (χ4v) is 1.28. The third-order valence-corrected chi connectivity index (χ3v) is 1.95. The van der Waals surface area contributed by atoms with Gasteiger partial charge in [-0.05, 0) is 11.6 Å². The minimum Gasteiger partial charge on any atom is -0.487 e. The van der Waals surface area contributed by atoms with Crippen molar-refractivity contribution in [3.8, 4) is 11.5 Å². The van der Waals surface area contributed by atoms with Crippen molar-refractivity contribution < 1.29 is 32.4 Å². The van der Waals surface area contributed by atoms with E-state index >= 15 is 0 Å². The number of ether oxygens (including phenoxy) is 2. The molecule has 0 spiro atoms. The summed E-state index contributed by atoms with van der Waals surface area (Å²) >= 11 is 5.02. The number of carbonyl (C=O) groups excluding carboxylic acids is 1. The van der Waals surface area contributed by atoms with Crippen molar-refractivity contribution >= 4 is 22.5 Å². The van der Waals surface area contributed by atoms with Crippen LogP contribution in [0.3, 0.4) is 0 Å². The summed E-state index contributed by atoms with van der Waals surface area (Å²) < 4.78 is 44.6. The second kappa shape index (κ2) is 5.26. The average Bonchev–Trinajstić information content (AvgIpc) is 2.25. The van der Waals surface area contributed by atoms with Crippen LogP contribution in [0.1, 0.15) is 10.5 Å². The molecule has 11 heteroatoms. The molecular formula is C8H4ClF3N2O5. The van der Waals surface area contributed by atoms with Gasteiger partial charge in [0.05, 0.1) is 12.0 Å². The third kappa shape index (κ3) is 3.44. The molecular weight excluding hydrogens is 297 g/mol. The largest absolute Gasteiger partial charge is 0.573 e. The summed E-state index contributed by atoms with van der Waals surface area (Å²) in [6, 6.07) is 0. The first-order valence-corrected chi connectivity index (χ1v) is 4.72. The fraction of sp³-hybridized carbons (Fsp3) is 0.250. The maximum atomic E-state index is 12.2. The van der Waals surface area contributed by atoms with Crippen LogP contribution in [0.2, 0.25) is 0 Å².